The summed E-state index contributed by atoms with van der Waals surface area (Å²) < 4.78 is 11.0. The van der Waals surface area contributed by atoms with Crippen LogP contribution < -0.4 is 25.4 Å². The second-order valence-electron chi connectivity index (χ2n) is 8.57. The summed E-state index contributed by atoms with van der Waals surface area (Å²) in [5.74, 6) is 0.335. The second-order valence-corrected chi connectivity index (χ2v) is 8.57. The number of rotatable bonds is 4. The van der Waals surface area contributed by atoms with Crippen LogP contribution in [-0.2, 0) is 9.59 Å². The lowest BCUT2D eigenvalue weighted by molar-refractivity contribution is -0.134. The molecule has 29 heavy (non-hydrogen) atoms. The number of nitrogens with zero attached hydrogens (tertiary/aromatic N) is 1. The van der Waals surface area contributed by atoms with E-state index in [1.165, 1.54) is 0 Å². The van der Waals surface area contributed by atoms with Gasteiger partial charge in [-0.3, -0.25) is 19.8 Å². The van der Waals surface area contributed by atoms with Crippen LogP contribution in [0.15, 0.2) is 18.2 Å². The van der Waals surface area contributed by atoms with Crippen molar-refractivity contribution >= 4 is 17.5 Å². The lowest BCUT2D eigenvalue weighted by Gasteiger charge is -2.43. The first-order chi connectivity index (χ1) is 14.0. The molecule has 2 unspecified atom stereocenters. The minimum atomic E-state index is -0.924. The van der Waals surface area contributed by atoms with Crippen molar-refractivity contribution in [1.82, 2.24) is 5.32 Å². The number of hydrogen-bond donors (Lipinski definition) is 2. The Morgan fingerprint density at radius 1 is 1.10 bits per heavy atom. The van der Waals surface area contributed by atoms with Gasteiger partial charge in [0.1, 0.15) is 17.0 Å². The fourth-order valence-corrected chi connectivity index (χ4v) is 5.68. The summed E-state index contributed by atoms with van der Waals surface area (Å²) in [5, 5.41) is 3.72. The number of nitrogens with one attached hydrogen (secondary N) is 1. The van der Waals surface area contributed by atoms with Gasteiger partial charge in [-0.15, -0.1) is 0 Å². The monoisotopic (exact) mass is 401 g/mol. The van der Waals surface area contributed by atoms with Crippen LogP contribution in [0.25, 0.3) is 0 Å². The maximum absolute atomic E-state index is 14.1. The highest BCUT2D eigenvalue weighted by Crippen LogP contribution is 2.50. The number of hydrogen-bond acceptors (Lipinski definition) is 5. The van der Waals surface area contributed by atoms with E-state index in [1.54, 1.807) is 20.3 Å². The van der Waals surface area contributed by atoms with Crippen LogP contribution in [0.1, 0.15) is 57.8 Å². The Bertz CT molecular complexity index is 805. The van der Waals surface area contributed by atoms with Crippen molar-refractivity contribution in [3.63, 3.8) is 0 Å². The molecule has 2 saturated carbocycles. The van der Waals surface area contributed by atoms with Crippen molar-refractivity contribution in [2.75, 3.05) is 19.1 Å². The fourth-order valence-electron chi connectivity index (χ4n) is 5.68. The van der Waals surface area contributed by atoms with Gasteiger partial charge in [0.2, 0.25) is 11.8 Å². The van der Waals surface area contributed by atoms with Crippen LogP contribution in [0.5, 0.6) is 11.5 Å². The topological polar surface area (TPSA) is 93.9 Å². The summed E-state index contributed by atoms with van der Waals surface area (Å²) >= 11 is 0. The molecule has 1 aromatic rings. The van der Waals surface area contributed by atoms with Crippen molar-refractivity contribution in [3.8, 4) is 11.5 Å². The zero-order chi connectivity index (χ0) is 20.6. The third-order valence-electron chi connectivity index (χ3n) is 7.03. The molecule has 1 heterocycles. The minimum Gasteiger partial charge on any atom is -0.497 e. The van der Waals surface area contributed by atoms with Gasteiger partial charge in [-0.25, -0.2) is 0 Å². The van der Waals surface area contributed by atoms with E-state index < -0.39 is 17.1 Å². The average molecular weight is 402 g/mol. The average Bonchev–Trinajstić information content (AvgIpc) is 2.95. The van der Waals surface area contributed by atoms with E-state index in [9.17, 15) is 9.59 Å². The summed E-state index contributed by atoms with van der Waals surface area (Å²) in [6.45, 7) is 0. The molecule has 2 amide bonds. The van der Waals surface area contributed by atoms with E-state index in [-0.39, 0.29) is 11.8 Å². The molecule has 158 valence electrons. The number of carbonyl (C=O) groups is 2. The van der Waals surface area contributed by atoms with Gasteiger partial charge in [0.25, 0.3) is 0 Å². The minimum absolute atomic E-state index is 0.0497. The number of benzene rings is 1. The van der Waals surface area contributed by atoms with Gasteiger partial charge in [-0.1, -0.05) is 19.3 Å². The second kappa shape index (κ2) is 7.52. The molecule has 4 rings (SSSR count). The molecule has 2 atom stereocenters. The van der Waals surface area contributed by atoms with Gasteiger partial charge in [-0.05, 0) is 50.7 Å². The summed E-state index contributed by atoms with van der Waals surface area (Å²) in [7, 11) is 3.20. The van der Waals surface area contributed by atoms with Gasteiger partial charge >= 0.3 is 0 Å². The SMILES string of the molecule is COc1ccc(N2C(=O)C3(CCCCC3C(N)=O)NC23CCCCC3)c(OC)c1. The van der Waals surface area contributed by atoms with E-state index in [0.29, 0.717) is 24.3 Å². The molecule has 2 aliphatic carbocycles. The molecular formula is C22H31N3O4. The first kappa shape index (κ1) is 20.0. The standard InChI is InChI=1S/C22H31N3O4/c1-28-15-9-10-17(18(14-15)29-2)25-20(27)22(13-7-4-8-16(22)19(23)26)24-21(25)11-5-3-6-12-21/h9-10,14,16,24H,3-8,11-13H2,1-2H3,(H2,23,26). The molecule has 1 aromatic carbocycles. The van der Waals surface area contributed by atoms with Crippen LogP contribution in [-0.4, -0.2) is 37.2 Å². The lowest BCUT2D eigenvalue weighted by atomic mass is 9.72. The number of ether oxygens (including phenoxy) is 2. The molecule has 3 fully saturated rings. The van der Waals surface area contributed by atoms with Gasteiger partial charge in [-0.2, -0.15) is 0 Å². The third kappa shape index (κ3) is 3.06. The maximum Gasteiger partial charge on any atom is 0.249 e. The Balaban J connectivity index is 1.85. The Morgan fingerprint density at radius 2 is 1.83 bits per heavy atom. The summed E-state index contributed by atoms with van der Waals surface area (Å²) in [4.78, 5) is 28.3. The van der Waals surface area contributed by atoms with Crippen LogP contribution in [0.3, 0.4) is 0 Å². The first-order valence-corrected chi connectivity index (χ1v) is 10.6. The number of carbonyl (C=O) groups excluding carboxylic acids is 2. The van der Waals surface area contributed by atoms with Crippen molar-refractivity contribution in [3.05, 3.63) is 18.2 Å². The van der Waals surface area contributed by atoms with E-state index in [1.807, 2.05) is 17.0 Å². The number of anilines is 1. The van der Waals surface area contributed by atoms with Crippen molar-refractivity contribution in [2.45, 2.75) is 69.0 Å². The van der Waals surface area contributed by atoms with Gasteiger partial charge in [0.15, 0.2) is 0 Å². The number of amides is 2. The molecule has 0 radical (unpaired) electrons. The molecule has 0 bridgehead atoms. The zero-order valence-electron chi connectivity index (χ0n) is 17.3. The zero-order valence-corrected chi connectivity index (χ0v) is 17.3. The van der Waals surface area contributed by atoms with Crippen molar-refractivity contribution < 1.29 is 19.1 Å². The van der Waals surface area contributed by atoms with E-state index in [4.69, 9.17) is 15.2 Å². The van der Waals surface area contributed by atoms with Gasteiger partial charge in [0.05, 0.1) is 31.5 Å². The van der Waals surface area contributed by atoms with Gasteiger partial charge in [0, 0.05) is 6.07 Å². The van der Waals surface area contributed by atoms with E-state index >= 15 is 0 Å². The molecule has 1 aliphatic heterocycles. The summed E-state index contributed by atoms with van der Waals surface area (Å²) in [6, 6.07) is 5.53. The predicted molar refractivity (Wildman–Crippen MR) is 110 cm³/mol. The van der Waals surface area contributed by atoms with Gasteiger partial charge < -0.3 is 15.2 Å². The Morgan fingerprint density at radius 3 is 2.48 bits per heavy atom. The molecule has 7 nitrogen and oxygen atoms in total. The maximum atomic E-state index is 14.1. The highest BCUT2D eigenvalue weighted by molar-refractivity contribution is 6.08. The number of nitrogens with two attached hydrogens (primary N) is 1. The van der Waals surface area contributed by atoms with Crippen molar-refractivity contribution in [1.29, 1.82) is 0 Å². The summed E-state index contributed by atoms with van der Waals surface area (Å²) in [6.07, 6.45) is 8.03. The Kier molecular flexibility index (Phi) is 5.19. The first-order valence-electron chi connectivity index (χ1n) is 10.6. The molecular weight excluding hydrogens is 370 g/mol. The van der Waals surface area contributed by atoms with E-state index in [0.717, 1.165) is 50.6 Å². The lowest BCUT2D eigenvalue weighted by Crippen LogP contribution is -2.61. The van der Waals surface area contributed by atoms with E-state index in [2.05, 4.69) is 5.32 Å². The number of methoxy groups -OCH3 is 2. The highest BCUT2D eigenvalue weighted by atomic mass is 16.5. The number of primary amides is 1. The quantitative estimate of drug-likeness (QED) is 0.809. The Labute approximate surface area is 171 Å². The Hall–Kier alpha value is -2.28. The highest BCUT2D eigenvalue weighted by Gasteiger charge is 2.64. The molecule has 0 aromatic heterocycles. The third-order valence-corrected chi connectivity index (χ3v) is 7.03. The molecule has 3 aliphatic rings. The normalized spacial score (nSPS) is 28.7. The van der Waals surface area contributed by atoms with Crippen LogP contribution in [0, 0.1) is 5.92 Å². The van der Waals surface area contributed by atoms with Crippen LogP contribution in [0.2, 0.25) is 0 Å². The smallest absolute Gasteiger partial charge is 0.249 e. The molecule has 1 saturated heterocycles. The molecule has 2 spiro atoms. The van der Waals surface area contributed by atoms with Crippen LogP contribution in [0.4, 0.5) is 5.69 Å². The largest absolute Gasteiger partial charge is 0.497 e. The molecule has 3 N–H and O–H groups in total. The fraction of sp³-hybridized carbons (Fsp3) is 0.636. The van der Waals surface area contributed by atoms with Crippen molar-refractivity contribution in [2.24, 2.45) is 11.7 Å². The summed E-state index contributed by atoms with van der Waals surface area (Å²) in [5.41, 5.74) is 5.07. The predicted octanol–water partition coefficient (Wildman–Crippen LogP) is 2.71. The molecule has 7 heteroatoms. The van der Waals surface area contributed by atoms with Crippen LogP contribution >= 0.6 is 0 Å².